The van der Waals surface area contributed by atoms with Crippen LogP contribution in [0.25, 0.3) is 0 Å². The normalized spacial score (nSPS) is 10.0. The zero-order chi connectivity index (χ0) is 8.27. The van der Waals surface area contributed by atoms with E-state index >= 15 is 0 Å². The highest BCUT2D eigenvalue weighted by atomic mass is 127. The van der Waals surface area contributed by atoms with Gasteiger partial charge in [0.15, 0.2) is 0 Å². The molecule has 0 atom stereocenters. The standard InChI is InChI=1S/C9H16N2.HI/c1-4-8(5-2)9-10-6-7-11(9)3;/h6-8H,4-5H2,1-3H3;1H. The van der Waals surface area contributed by atoms with Crippen LogP contribution in [0.5, 0.6) is 0 Å². The highest BCUT2D eigenvalue weighted by molar-refractivity contribution is 4.87. The van der Waals surface area contributed by atoms with E-state index in [4.69, 9.17) is 0 Å². The van der Waals surface area contributed by atoms with E-state index in [9.17, 15) is 0 Å². The first-order valence-corrected chi connectivity index (χ1v) is 4.32. The summed E-state index contributed by atoms with van der Waals surface area (Å²) in [6.07, 6.45) is 6.48. The predicted octanol–water partition coefficient (Wildman–Crippen LogP) is -1.25. The number of aryl methyl sites for hydroxylation is 1. The summed E-state index contributed by atoms with van der Waals surface area (Å²) < 4.78 is 2.16. The van der Waals surface area contributed by atoms with Gasteiger partial charge in [-0.1, -0.05) is 13.8 Å². The molecule has 1 N–H and O–H groups in total. The molecule has 0 fully saturated rings. The molecule has 0 amide bonds. The average Bonchev–Trinajstić information content (AvgIpc) is 2.40. The second-order valence-electron chi connectivity index (χ2n) is 2.97. The second-order valence-corrected chi connectivity index (χ2v) is 2.97. The summed E-state index contributed by atoms with van der Waals surface area (Å²) >= 11 is 0. The van der Waals surface area contributed by atoms with E-state index in [-0.39, 0.29) is 24.0 Å². The molecule has 3 heteroatoms. The lowest BCUT2D eigenvalue weighted by Crippen LogP contribution is -3.00. The lowest BCUT2D eigenvalue weighted by molar-refractivity contribution is -0.679. The van der Waals surface area contributed by atoms with Gasteiger partial charge in [0.2, 0.25) is 0 Å². The Hall–Kier alpha value is -0.0600. The minimum absolute atomic E-state index is 0. The number of H-pyrrole nitrogens is 1. The molecule has 0 aliphatic carbocycles. The van der Waals surface area contributed by atoms with Gasteiger partial charge >= 0.3 is 0 Å². The Morgan fingerprint density at radius 2 is 2.00 bits per heavy atom. The molecule has 0 bridgehead atoms. The summed E-state index contributed by atoms with van der Waals surface area (Å²) in [6.45, 7) is 4.46. The maximum atomic E-state index is 3.27. The quantitative estimate of drug-likeness (QED) is 0.527. The molecular formula is C9H17IN2. The number of rotatable bonds is 3. The van der Waals surface area contributed by atoms with Crippen molar-refractivity contribution in [3.8, 4) is 0 Å². The van der Waals surface area contributed by atoms with Gasteiger partial charge in [-0.15, -0.1) is 0 Å². The van der Waals surface area contributed by atoms with Crippen molar-refractivity contribution in [1.82, 2.24) is 4.98 Å². The van der Waals surface area contributed by atoms with Crippen LogP contribution in [0.3, 0.4) is 0 Å². The molecule has 0 radical (unpaired) electrons. The van der Waals surface area contributed by atoms with Crippen LogP contribution in [0.15, 0.2) is 12.4 Å². The van der Waals surface area contributed by atoms with Crippen LogP contribution in [0.2, 0.25) is 0 Å². The Labute approximate surface area is 91.4 Å². The van der Waals surface area contributed by atoms with Crippen LogP contribution in [-0.4, -0.2) is 4.98 Å². The fraction of sp³-hybridized carbons (Fsp3) is 0.667. The predicted molar refractivity (Wildman–Crippen MR) is 45.3 cm³/mol. The maximum Gasteiger partial charge on any atom is 0.257 e. The molecular weight excluding hydrogens is 263 g/mol. The van der Waals surface area contributed by atoms with Gasteiger partial charge in [0.05, 0.1) is 13.0 Å². The monoisotopic (exact) mass is 280 g/mol. The van der Waals surface area contributed by atoms with Crippen molar-refractivity contribution in [3.63, 3.8) is 0 Å². The Bertz CT molecular complexity index is 216. The lowest BCUT2D eigenvalue weighted by atomic mass is 10.0. The zero-order valence-corrected chi connectivity index (χ0v) is 10.1. The fourth-order valence-corrected chi connectivity index (χ4v) is 1.50. The molecule has 0 unspecified atom stereocenters. The number of nitrogens with zero attached hydrogens (tertiary/aromatic N) is 1. The van der Waals surface area contributed by atoms with Gasteiger partial charge in [0.1, 0.15) is 12.4 Å². The molecule has 70 valence electrons. The molecule has 0 saturated carbocycles. The maximum absolute atomic E-state index is 3.27. The number of aromatic nitrogens is 2. The first-order chi connectivity index (χ1) is 5.29. The van der Waals surface area contributed by atoms with Gasteiger partial charge in [-0.3, -0.25) is 0 Å². The number of hydrogen-bond acceptors (Lipinski definition) is 0. The van der Waals surface area contributed by atoms with Gasteiger partial charge < -0.3 is 24.0 Å². The summed E-state index contributed by atoms with van der Waals surface area (Å²) in [4.78, 5) is 3.27. The number of hydrogen-bond donors (Lipinski definition) is 1. The minimum Gasteiger partial charge on any atom is -1.00 e. The average molecular weight is 280 g/mol. The first-order valence-electron chi connectivity index (χ1n) is 4.32. The van der Waals surface area contributed by atoms with E-state index in [0.29, 0.717) is 5.92 Å². The SMILES string of the molecule is CCC(CC)c1[nH]cc[n+]1C.[I-]. The van der Waals surface area contributed by atoms with Gasteiger partial charge in [0.25, 0.3) is 5.82 Å². The lowest BCUT2D eigenvalue weighted by Gasteiger charge is -2.05. The zero-order valence-electron chi connectivity index (χ0n) is 7.97. The third kappa shape index (κ3) is 2.47. The van der Waals surface area contributed by atoms with Crippen LogP contribution >= 0.6 is 0 Å². The van der Waals surface area contributed by atoms with Crippen molar-refractivity contribution in [3.05, 3.63) is 18.2 Å². The van der Waals surface area contributed by atoms with Crippen LogP contribution in [0, 0.1) is 0 Å². The van der Waals surface area contributed by atoms with Gasteiger partial charge in [-0.25, -0.2) is 9.55 Å². The summed E-state index contributed by atoms with van der Waals surface area (Å²) in [5.74, 6) is 2.03. The van der Waals surface area contributed by atoms with Crippen LogP contribution < -0.4 is 28.5 Å². The first kappa shape index (κ1) is 11.9. The molecule has 0 aliphatic heterocycles. The van der Waals surface area contributed by atoms with E-state index < -0.39 is 0 Å². The van der Waals surface area contributed by atoms with Gasteiger partial charge in [-0.05, 0) is 12.8 Å². The molecule has 0 saturated heterocycles. The van der Waals surface area contributed by atoms with Crippen LogP contribution in [0.1, 0.15) is 38.4 Å². The van der Waals surface area contributed by atoms with Crippen molar-refractivity contribution in [2.24, 2.45) is 7.05 Å². The highest BCUT2D eigenvalue weighted by Gasteiger charge is 2.16. The molecule has 0 aliphatic rings. The Kier molecular flexibility index (Phi) is 5.53. The van der Waals surface area contributed by atoms with E-state index in [0.717, 1.165) is 0 Å². The number of nitrogens with one attached hydrogen (secondary N) is 1. The minimum atomic E-state index is 0. The van der Waals surface area contributed by atoms with Crippen molar-refractivity contribution < 1.29 is 28.5 Å². The van der Waals surface area contributed by atoms with Crippen molar-refractivity contribution in [2.45, 2.75) is 32.6 Å². The number of halogens is 1. The van der Waals surface area contributed by atoms with E-state index in [1.807, 2.05) is 6.20 Å². The van der Waals surface area contributed by atoms with Crippen molar-refractivity contribution in [2.75, 3.05) is 0 Å². The molecule has 1 heterocycles. The summed E-state index contributed by atoms with van der Waals surface area (Å²) in [5.41, 5.74) is 0. The second kappa shape index (κ2) is 5.56. The third-order valence-corrected chi connectivity index (χ3v) is 2.28. The Morgan fingerprint density at radius 1 is 1.42 bits per heavy atom. The smallest absolute Gasteiger partial charge is 0.257 e. The molecule has 2 nitrogen and oxygen atoms in total. The van der Waals surface area contributed by atoms with Crippen molar-refractivity contribution >= 4 is 0 Å². The Morgan fingerprint density at radius 3 is 2.33 bits per heavy atom. The largest absolute Gasteiger partial charge is 1.00 e. The summed E-state index contributed by atoms with van der Waals surface area (Å²) in [7, 11) is 2.09. The van der Waals surface area contributed by atoms with E-state index in [1.165, 1.54) is 18.7 Å². The van der Waals surface area contributed by atoms with E-state index in [1.54, 1.807) is 0 Å². The van der Waals surface area contributed by atoms with Gasteiger partial charge in [0, 0.05) is 0 Å². The number of imidazole rings is 1. The topological polar surface area (TPSA) is 19.7 Å². The Balaban J connectivity index is 0.00000121. The van der Waals surface area contributed by atoms with E-state index in [2.05, 4.69) is 36.6 Å². The molecule has 1 rings (SSSR count). The molecule has 0 aromatic carbocycles. The molecule has 1 aromatic rings. The molecule has 0 spiro atoms. The highest BCUT2D eigenvalue weighted by Crippen LogP contribution is 2.16. The number of aromatic amines is 1. The fourth-order valence-electron chi connectivity index (χ4n) is 1.50. The molecule has 12 heavy (non-hydrogen) atoms. The van der Waals surface area contributed by atoms with Crippen LogP contribution in [0.4, 0.5) is 0 Å². The summed E-state index contributed by atoms with van der Waals surface area (Å²) in [6, 6.07) is 0. The third-order valence-electron chi connectivity index (χ3n) is 2.28. The molecule has 1 aromatic heterocycles. The summed E-state index contributed by atoms with van der Waals surface area (Å²) in [5, 5.41) is 0. The van der Waals surface area contributed by atoms with Crippen LogP contribution in [-0.2, 0) is 7.05 Å². The van der Waals surface area contributed by atoms with Crippen molar-refractivity contribution in [1.29, 1.82) is 0 Å². The van der Waals surface area contributed by atoms with Gasteiger partial charge in [-0.2, -0.15) is 0 Å².